The first-order valence-electron chi connectivity index (χ1n) is 7.75. The molecule has 2 heterocycles. The lowest BCUT2D eigenvalue weighted by Gasteiger charge is -2.05. The summed E-state index contributed by atoms with van der Waals surface area (Å²) in [6, 6.07) is 5.27. The first-order chi connectivity index (χ1) is 12.5. The Balaban J connectivity index is 1.67. The number of thiophene rings is 1. The van der Waals surface area contributed by atoms with Crippen LogP contribution in [0.4, 0.5) is 5.95 Å². The summed E-state index contributed by atoms with van der Waals surface area (Å²) in [7, 11) is 0. The Morgan fingerprint density at radius 3 is 2.96 bits per heavy atom. The lowest BCUT2D eigenvalue weighted by molar-refractivity contribution is 0.0982. The third-order valence-corrected chi connectivity index (χ3v) is 5.51. The van der Waals surface area contributed by atoms with Gasteiger partial charge in [-0.15, -0.1) is 16.4 Å². The fourth-order valence-corrected chi connectivity index (χ4v) is 4.04. The van der Waals surface area contributed by atoms with Gasteiger partial charge in [0.05, 0.1) is 11.6 Å². The van der Waals surface area contributed by atoms with Gasteiger partial charge in [0.25, 0.3) is 11.9 Å². The zero-order valence-electron chi connectivity index (χ0n) is 13.6. The summed E-state index contributed by atoms with van der Waals surface area (Å²) in [6.07, 6.45) is 1.98. The third-order valence-electron chi connectivity index (χ3n) is 3.41. The van der Waals surface area contributed by atoms with E-state index >= 15 is 0 Å². The van der Waals surface area contributed by atoms with E-state index in [1.807, 2.05) is 0 Å². The van der Waals surface area contributed by atoms with Gasteiger partial charge in [0.15, 0.2) is 5.11 Å². The van der Waals surface area contributed by atoms with Crippen LogP contribution in [-0.2, 0) is 6.54 Å². The summed E-state index contributed by atoms with van der Waals surface area (Å²) in [5.41, 5.74) is 0. The molecule has 1 aromatic carbocycles. The van der Waals surface area contributed by atoms with Crippen LogP contribution < -0.4 is 10.6 Å². The van der Waals surface area contributed by atoms with Crippen LogP contribution in [0.2, 0.25) is 10.0 Å². The average molecular weight is 429 g/mol. The highest BCUT2D eigenvalue weighted by Gasteiger charge is 2.18. The van der Waals surface area contributed by atoms with Gasteiger partial charge in [-0.1, -0.05) is 47.7 Å². The van der Waals surface area contributed by atoms with Crippen LogP contribution in [0.25, 0.3) is 10.1 Å². The van der Waals surface area contributed by atoms with Crippen LogP contribution >= 0.6 is 46.8 Å². The van der Waals surface area contributed by atoms with Gasteiger partial charge in [-0.25, -0.2) is 0 Å². The van der Waals surface area contributed by atoms with E-state index in [4.69, 9.17) is 35.4 Å². The lowest BCUT2D eigenvalue weighted by atomic mass is 10.2. The molecule has 0 aliphatic rings. The number of hydrogen-bond donors (Lipinski definition) is 2. The minimum atomic E-state index is -0.414. The Hall–Kier alpha value is -1.81. The molecule has 2 aromatic heterocycles. The highest BCUT2D eigenvalue weighted by molar-refractivity contribution is 7.80. The molecule has 0 fully saturated rings. The van der Waals surface area contributed by atoms with Crippen LogP contribution in [-0.4, -0.2) is 31.2 Å². The molecule has 3 aromatic rings. The number of hydrogen-bond acceptors (Lipinski definition) is 6. The van der Waals surface area contributed by atoms with E-state index in [9.17, 15) is 4.79 Å². The molecule has 11 heteroatoms. The normalized spacial score (nSPS) is 10.9. The Morgan fingerprint density at radius 2 is 2.19 bits per heavy atom. The van der Waals surface area contributed by atoms with Gasteiger partial charge in [-0.05, 0) is 36.0 Å². The highest BCUT2D eigenvalue weighted by atomic mass is 35.5. The van der Waals surface area contributed by atoms with E-state index in [0.29, 0.717) is 21.5 Å². The predicted molar refractivity (Wildman–Crippen MR) is 108 cm³/mol. The largest absolute Gasteiger partial charge is 0.298 e. The smallest absolute Gasteiger partial charge is 0.269 e. The number of carbonyl (C=O) groups excluding carboxylic acids is 1. The molecule has 0 spiro atoms. The quantitative estimate of drug-likeness (QED) is 0.594. The number of thiocarbonyl (C=S) groups is 1. The van der Waals surface area contributed by atoms with Crippen molar-refractivity contribution in [1.29, 1.82) is 0 Å². The number of tetrazole rings is 1. The molecule has 7 nitrogen and oxygen atoms in total. The predicted octanol–water partition coefficient (Wildman–Crippen LogP) is 4.12. The van der Waals surface area contributed by atoms with Crippen molar-refractivity contribution in [1.82, 2.24) is 25.5 Å². The third kappa shape index (κ3) is 4.29. The average Bonchev–Trinajstić information content (AvgIpc) is 3.17. The van der Waals surface area contributed by atoms with Crippen molar-refractivity contribution in [2.24, 2.45) is 0 Å². The maximum Gasteiger partial charge on any atom is 0.269 e. The van der Waals surface area contributed by atoms with E-state index in [1.165, 1.54) is 16.1 Å². The number of aromatic nitrogens is 4. The van der Waals surface area contributed by atoms with Crippen molar-refractivity contribution in [2.45, 2.75) is 26.3 Å². The second-order valence-corrected chi connectivity index (χ2v) is 7.63. The minimum Gasteiger partial charge on any atom is -0.298 e. The fourth-order valence-electron chi connectivity index (χ4n) is 2.17. The monoisotopic (exact) mass is 428 g/mol. The Kier molecular flexibility index (Phi) is 6.02. The summed E-state index contributed by atoms with van der Waals surface area (Å²) in [6.45, 7) is 2.75. The van der Waals surface area contributed by atoms with Crippen molar-refractivity contribution < 1.29 is 4.79 Å². The van der Waals surface area contributed by atoms with Crippen LogP contribution in [0.5, 0.6) is 0 Å². The molecule has 0 saturated heterocycles. The molecule has 0 aliphatic heterocycles. The van der Waals surface area contributed by atoms with Crippen molar-refractivity contribution in [3.8, 4) is 0 Å². The first-order valence-corrected chi connectivity index (χ1v) is 9.73. The second-order valence-electron chi connectivity index (χ2n) is 5.36. The van der Waals surface area contributed by atoms with Gasteiger partial charge < -0.3 is 0 Å². The van der Waals surface area contributed by atoms with Crippen molar-refractivity contribution in [2.75, 3.05) is 5.32 Å². The maximum atomic E-state index is 12.5. The number of nitrogens with zero attached hydrogens (tertiary/aromatic N) is 4. The molecule has 0 bridgehead atoms. The van der Waals surface area contributed by atoms with Crippen molar-refractivity contribution >= 4 is 73.8 Å². The van der Waals surface area contributed by atoms with Crippen LogP contribution in [0.3, 0.4) is 0 Å². The minimum absolute atomic E-state index is 0.0663. The van der Waals surface area contributed by atoms with Crippen LogP contribution in [0.1, 0.15) is 29.4 Å². The number of aryl methyl sites for hydroxylation is 1. The van der Waals surface area contributed by atoms with Crippen molar-refractivity contribution in [3.05, 3.63) is 33.1 Å². The first kappa shape index (κ1) is 19.0. The summed E-state index contributed by atoms with van der Waals surface area (Å²) in [5, 5.41) is 19.0. The second kappa shape index (κ2) is 8.26. The van der Waals surface area contributed by atoms with Crippen LogP contribution in [0.15, 0.2) is 18.2 Å². The molecule has 0 unspecified atom stereocenters. The molecule has 1 amide bonds. The standard InChI is InChI=1S/C15H14Cl2N6OS2/c1-2-3-6-23-21-14(20-22-23)19-15(25)18-13(24)12-11(17)9-5-4-8(16)7-10(9)26-12/h4-5,7H,2-3,6H2,1H3,(H2,18,19,21,24,25). The molecule has 0 atom stereocenters. The van der Waals surface area contributed by atoms with Gasteiger partial charge in [-0.3, -0.25) is 15.4 Å². The van der Waals surface area contributed by atoms with E-state index in [-0.39, 0.29) is 11.1 Å². The number of unbranched alkanes of at least 4 members (excludes halogenated alkanes) is 1. The van der Waals surface area contributed by atoms with Gasteiger partial charge in [0.2, 0.25) is 0 Å². The number of benzene rings is 1. The molecular formula is C15H14Cl2N6OS2. The zero-order chi connectivity index (χ0) is 18.7. The number of fused-ring (bicyclic) bond motifs is 1. The van der Waals surface area contributed by atoms with Gasteiger partial charge >= 0.3 is 0 Å². The summed E-state index contributed by atoms with van der Waals surface area (Å²) >= 11 is 18.7. The van der Waals surface area contributed by atoms with E-state index in [0.717, 1.165) is 22.9 Å². The topological polar surface area (TPSA) is 84.7 Å². The molecule has 2 N–H and O–H groups in total. The highest BCUT2D eigenvalue weighted by Crippen LogP contribution is 2.36. The number of anilines is 1. The van der Waals surface area contributed by atoms with Crippen molar-refractivity contribution in [3.63, 3.8) is 0 Å². The van der Waals surface area contributed by atoms with E-state index in [1.54, 1.807) is 18.2 Å². The maximum absolute atomic E-state index is 12.5. The summed E-state index contributed by atoms with van der Waals surface area (Å²) < 4.78 is 0.826. The molecule has 0 radical (unpaired) electrons. The Bertz CT molecular complexity index is 970. The Morgan fingerprint density at radius 1 is 1.38 bits per heavy atom. The number of amides is 1. The zero-order valence-corrected chi connectivity index (χ0v) is 16.8. The Labute approximate surface area is 168 Å². The molecular weight excluding hydrogens is 415 g/mol. The SMILES string of the molecule is CCCCn1nnc(NC(=S)NC(=O)c2sc3cc(Cl)ccc3c2Cl)n1. The number of halogens is 2. The van der Waals surface area contributed by atoms with E-state index in [2.05, 4.69) is 33.0 Å². The van der Waals surface area contributed by atoms with E-state index < -0.39 is 5.91 Å². The number of rotatable bonds is 5. The number of nitrogens with one attached hydrogen (secondary N) is 2. The molecule has 26 heavy (non-hydrogen) atoms. The molecule has 0 aliphatic carbocycles. The van der Waals surface area contributed by atoms with Crippen LogP contribution in [0, 0.1) is 0 Å². The van der Waals surface area contributed by atoms with Gasteiger partial charge in [0.1, 0.15) is 4.88 Å². The number of carbonyl (C=O) groups is 1. The fraction of sp³-hybridized carbons (Fsp3) is 0.267. The summed E-state index contributed by atoms with van der Waals surface area (Å²) in [4.78, 5) is 14.3. The van der Waals surface area contributed by atoms with Gasteiger partial charge in [-0.2, -0.15) is 4.80 Å². The lowest BCUT2D eigenvalue weighted by Crippen LogP contribution is -2.34. The molecule has 136 valence electrons. The van der Waals surface area contributed by atoms with Gasteiger partial charge in [0, 0.05) is 15.1 Å². The molecule has 0 saturated carbocycles. The molecule has 3 rings (SSSR count). The summed E-state index contributed by atoms with van der Waals surface area (Å²) in [5.74, 6) is -0.191.